The molecular weight excluding hydrogens is 418 g/mol. The number of thiocarbonyl (C=S) groups is 1. The zero-order chi connectivity index (χ0) is 23.0. The van der Waals surface area contributed by atoms with Crippen molar-refractivity contribution in [2.45, 2.75) is 34.1 Å². The van der Waals surface area contributed by atoms with Gasteiger partial charge < -0.3 is 4.57 Å². The molecule has 4 rings (SSSR count). The average molecular weight is 444 g/mol. The summed E-state index contributed by atoms with van der Waals surface area (Å²) in [4.78, 5) is 27.6. The molecule has 3 aromatic rings. The Morgan fingerprint density at radius 2 is 1.69 bits per heavy atom. The molecule has 32 heavy (non-hydrogen) atoms. The van der Waals surface area contributed by atoms with Gasteiger partial charge in [-0.25, -0.2) is 0 Å². The Balaban J connectivity index is 1.77. The van der Waals surface area contributed by atoms with E-state index in [1.54, 1.807) is 6.08 Å². The fourth-order valence-corrected chi connectivity index (χ4v) is 4.36. The van der Waals surface area contributed by atoms with Crippen LogP contribution in [0.2, 0.25) is 0 Å². The van der Waals surface area contributed by atoms with Gasteiger partial charge in [0.1, 0.15) is 5.57 Å². The predicted octanol–water partition coefficient (Wildman–Crippen LogP) is 4.80. The summed E-state index contributed by atoms with van der Waals surface area (Å²) in [6.07, 6.45) is 2.40. The Kier molecular flexibility index (Phi) is 5.80. The zero-order valence-electron chi connectivity index (χ0n) is 18.6. The van der Waals surface area contributed by atoms with Gasteiger partial charge in [-0.1, -0.05) is 42.8 Å². The Labute approximate surface area is 193 Å². The lowest BCUT2D eigenvalue weighted by Gasteiger charge is -2.30. The maximum Gasteiger partial charge on any atom is 0.270 e. The van der Waals surface area contributed by atoms with Gasteiger partial charge in [-0.15, -0.1) is 0 Å². The van der Waals surface area contributed by atoms with Crippen LogP contribution in [0.15, 0.2) is 60.2 Å². The van der Waals surface area contributed by atoms with Crippen molar-refractivity contribution in [1.82, 2.24) is 9.88 Å². The summed E-state index contributed by atoms with van der Waals surface area (Å²) in [6.45, 7) is 8.07. The van der Waals surface area contributed by atoms with Gasteiger partial charge in [0.25, 0.3) is 11.8 Å². The smallest absolute Gasteiger partial charge is 0.270 e. The molecule has 0 radical (unpaired) electrons. The van der Waals surface area contributed by atoms with Gasteiger partial charge in [0, 0.05) is 17.1 Å². The van der Waals surface area contributed by atoms with Crippen molar-refractivity contribution in [2.75, 3.05) is 4.90 Å². The van der Waals surface area contributed by atoms with E-state index in [4.69, 9.17) is 12.2 Å². The third-order valence-corrected chi connectivity index (χ3v) is 6.06. The molecule has 1 N–H and O–H groups in total. The number of hydrogen-bond acceptors (Lipinski definition) is 3. The highest BCUT2D eigenvalue weighted by Gasteiger charge is 2.35. The number of rotatable bonds is 4. The fourth-order valence-electron chi connectivity index (χ4n) is 4.08. The fraction of sp³-hybridized carbons (Fsp3) is 0.192. The highest BCUT2D eigenvalue weighted by Crippen LogP contribution is 2.28. The Morgan fingerprint density at radius 1 is 1.00 bits per heavy atom. The van der Waals surface area contributed by atoms with Crippen molar-refractivity contribution in [3.8, 4) is 5.69 Å². The summed E-state index contributed by atoms with van der Waals surface area (Å²) in [6, 6.07) is 17.8. The summed E-state index contributed by atoms with van der Waals surface area (Å²) in [5, 5.41) is 2.78. The number of aryl methyl sites for hydroxylation is 3. The first kappa shape index (κ1) is 21.7. The van der Waals surface area contributed by atoms with Crippen LogP contribution in [-0.4, -0.2) is 21.5 Å². The van der Waals surface area contributed by atoms with Crippen molar-refractivity contribution in [3.63, 3.8) is 0 Å². The van der Waals surface area contributed by atoms with Crippen molar-refractivity contribution in [3.05, 3.63) is 88.2 Å². The molecule has 1 aliphatic heterocycles. The van der Waals surface area contributed by atoms with Crippen LogP contribution in [0, 0.1) is 20.8 Å². The van der Waals surface area contributed by atoms with Crippen LogP contribution in [0.3, 0.4) is 0 Å². The molecule has 1 aromatic heterocycles. The lowest BCUT2D eigenvalue weighted by molar-refractivity contribution is -0.122. The van der Waals surface area contributed by atoms with E-state index in [-0.39, 0.29) is 10.7 Å². The van der Waals surface area contributed by atoms with E-state index in [0.717, 1.165) is 34.6 Å². The SMILES string of the molecule is CCc1ccccc1N1C(=O)/C(=C/c2cc(C)n(-c3ccc(C)cc3)c2C)C(=O)NC1=S. The molecule has 2 heterocycles. The van der Waals surface area contributed by atoms with Gasteiger partial charge in [0.2, 0.25) is 0 Å². The van der Waals surface area contributed by atoms with Crippen LogP contribution >= 0.6 is 12.2 Å². The summed E-state index contributed by atoms with van der Waals surface area (Å²) in [7, 11) is 0. The van der Waals surface area contributed by atoms with E-state index in [1.165, 1.54) is 10.5 Å². The number of carbonyl (C=O) groups is 2. The van der Waals surface area contributed by atoms with Crippen LogP contribution in [-0.2, 0) is 16.0 Å². The highest BCUT2D eigenvalue weighted by molar-refractivity contribution is 7.80. The summed E-state index contributed by atoms with van der Waals surface area (Å²) in [5.41, 5.74) is 6.75. The maximum absolute atomic E-state index is 13.4. The maximum atomic E-state index is 13.4. The largest absolute Gasteiger partial charge is 0.318 e. The number of carbonyl (C=O) groups excluding carboxylic acids is 2. The Hall–Kier alpha value is -3.51. The van der Waals surface area contributed by atoms with E-state index >= 15 is 0 Å². The van der Waals surface area contributed by atoms with Gasteiger partial charge >= 0.3 is 0 Å². The summed E-state index contributed by atoms with van der Waals surface area (Å²) < 4.78 is 2.12. The zero-order valence-corrected chi connectivity index (χ0v) is 19.4. The second kappa shape index (κ2) is 8.55. The molecule has 2 amide bonds. The quantitative estimate of drug-likeness (QED) is 0.358. The van der Waals surface area contributed by atoms with Crippen molar-refractivity contribution >= 4 is 40.9 Å². The van der Waals surface area contributed by atoms with Gasteiger partial charge in [-0.2, -0.15) is 0 Å². The molecule has 1 fully saturated rings. The summed E-state index contributed by atoms with van der Waals surface area (Å²) in [5.74, 6) is -0.898. The molecule has 1 aliphatic rings. The molecule has 0 saturated carbocycles. The number of nitrogens with one attached hydrogen (secondary N) is 1. The topological polar surface area (TPSA) is 54.3 Å². The molecule has 0 aliphatic carbocycles. The number of nitrogens with zero attached hydrogens (tertiary/aromatic N) is 2. The molecule has 162 valence electrons. The normalized spacial score (nSPS) is 15.4. The first-order valence-corrected chi connectivity index (χ1v) is 11.0. The second-order valence-corrected chi connectivity index (χ2v) is 8.32. The molecule has 5 nitrogen and oxygen atoms in total. The number of benzene rings is 2. The number of amides is 2. The van der Waals surface area contributed by atoms with Gasteiger partial charge in [0.05, 0.1) is 5.69 Å². The standard InChI is InChI=1S/C26H25N3O2S/c1-5-19-8-6-7-9-23(19)29-25(31)22(24(30)27-26(29)32)15-20-14-17(3)28(18(20)4)21-12-10-16(2)11-13-21/h6-15H,5H2,1-4H3,(H,27,30,32)/b22-15+. The van der Waals surface area contributed by atoms with Crippen LogP contribution < -0.4 is 10.2 Å². The third kappa shape index (κ3) is 3.78. The van der Waals surface area contributed by atoms with Gasteiger partial charge in [-0.3, -0.25) is 19.8 Å². The van der Waals surface area contributed by atoms with Crippen molar-refractivity contribution in [2.24, 2.45) is 0 Å². The monoisotopic (exact) mass is 443 g/mol. The molecule has 2 aromatic carbocycles. The molecule has 1 saturated heterocycles. The van der Waals surface area contributed by atoms with E-state index in [1.807, 2.05) is 51.1 Å². The molecular formula is C26H25N3O2S. The highest BCUT2D eigenvalue weighted by atomic mass is 32.1. The van der Waals surface area contributed by atoms with Crippen LogP contribution in [0.25, 0.3) is 11.8 Å². The summed E-state index contributed by atoms with van der Waals surface area (Å²) >= 11 is 5.36. The molecule has 0 spiro atoms. The minimum Gasteiger partial charge on any atom is -0.318 e. The van der Waals surface area contributed by atoms with Crippen LogP contribution in [0.4, 0.5) is 5.69 Å². The Bertz CT molecular complexity index is 1270. The lowest BCUT2D eigenvalue weighted by atomic mass is 10.0. The van der Waals surface area contributed by atoms with Crippen molar-refractivity contribution in [1.29, 1.82) is 0 Å². The van der Waals surface area contributed by atoms with Gasteiger partial charge in [-0.05, 0) is 80.9 Å². The average Bonchev–Trinajstić information content (AvgIpc) is 3.05. The number of para-hydroxylation sites is 1. The Morgan fingerprint density at radius 3 is 2.38 bits per heavy atom. The molecule has 0 bridgehead atoms. The predicted molar refractivity (Wildman–Crippen MR) is 132 cm³/mol. The molecule has 0 atom stereocenters. The lowest BCUT2D eigenvalue weighted by Crippen LogP contribution is -2.54. The number of aromatic nitrogens is 1. The third-order valence-electron chi connectivity index (χ3n) is 5.78. The van der Waals surface area contributed by atoms with Crippen molar-refractivity contribution < 1.29 is 9.59 Å². The molecule has 0 unspecified atom stereocenters. The van der Waals surface area contributed by atoms with E-state index in [2.05, 4.69) is 41.1 Å². The minimum atomic E-state index is -0.481. The second-order valence-electron chi connectivity index (χ2n) is 7.94. The minimum absolute atomic E-state index is 0.0636. The van der Waals surface area contributed by atoms with E-state index in [0.29, 0.717) is 5.69 Å². The number of anilines is 1. The van der Waals surface area contributed by atoms with E-state index < -0.39 is 11.8 Å². The van der Waals surface area contributed by atoms with E-state index in [9.17, 15) is 9.59 Å². The number of hydrogen-bond donors (Lipinski definition) is 1. The molecule has 6 heteroatoms. The first-order valence-electron chi connectivity index (χ1n) is 10.6. The van der Waals surface area contributed by atoms with Gasteiger partial charge in [0.15, 0.2) is 5.11 Å². The van der Waals surface area contributed by atoms with Crippen LogP contribution in [0.5, 0.6) is 0 Å². The first-order chi connectivity index (χ1) is 15.3. The van der Waals surface area contributed by atoms with Crippen LogP contribution in [0.1, 0.15) is 35.0 Å².